The van der Waals surface area contributed by atoms with Crippen LogP contribution in [0.25, 0.3) is 0 Å². The van der Waals surface area contributed by atoms with Gasteiger partial charge in [-0.3, -0.25) is 0 Å². The molecule has 0 aromatic rings. The molecule has 0 aromatic heterocycles. The Balaban J connectivity index is 3.26. The molecule has 27 heavy (non-hydrogen) atoms. The lowest BCUT2D eigenvalue weighted by atomic mass is 9.69. The van der Waals surface area contributed by atoms with Gasteiger partial charge in [0.25, 0.3) is 0 Å². The Morgan fingerprint density at radius 3 is 1.52 bits per heavy atom. The van der Waals surface area contributed by atoms with Crippen LogP contribution in [-0.2, 0) is 9.47 Å². The van der Waals surface area contributed by atoms with Crippen molar-refractivity contribution in [2.45, 2.75) is 139 Å². The summed E-state index contributed by atoms with van der Waals surface area (Å²) in [5.41, 5.74) is 0.499. The van der Waals surface area contributed by atoms with Crippen LogP contribution in [0.2, 0.25) is 0 Å². The molecule has 0 spiro atoms. The number of rotatable bonds is 8. The van der Waals surface area contributed by atoms with E-state index in [0.29, 0.717) is 5.92 Å². The van der Waals surface area contributed by atoms with Gasteiger partial charge in [0.05, 0.1) is 12.2 Å². The molecule has 1 aliphatic rings. The topological polar surface area (TPSA) is 18.5 Å². The van der Waals surface area contributed by atoms with Gasteiger partial charge in [-0.25, -0.2) is 0 Å². The van der Waals surface area contributed by atoms with E-state index in [0.717, 1.165) is 38.5 Å². The average molecular weight is 383 g/mol. The molecule has 2 nitrogen and oxygen atoms in total. The van der Waals surface area contributed by atoms with Gasteiger partial charge in [-0.15, -0.1) is 0 Å². The van der Waals surface area contributed by atoms with Crippen molar-refractivity contribution in [3.05, 3.63) is 0 Å². The van der Waals surface area contributed by atoms with E-state index >= 15 is 0 Å². The maximum absolute atomic E-state index is 7.04. The van der Waals surface area contributed by atoms with Crippen molar-refractivity contribution in [2.24, 2.45) is 22.2 Å². The Morgan fingerprint density at radius 1 is 0.815 bits per heavy atom. The monoisotopic (exact) mass is 382 g/mol. The zero-order valence-corrected chi connectivity index (χ0v) is 20.5. The first-order chi connectivity index (χ1) is 12.1. The van der Waals surface area contributed by atoms with Crippen LogP contribution in [0.15, 0.2) is 0 Å². The summed E-state index contributed by atoms with van der Waals surface area (Å²) in [6.07, 6.45) is 8.21. The molecular formula is C25H50O2. The fourth-order valence-corrected chi connectivity index (χ4v) is 5.01. The molecule has 1 saturated carbocycles. The van der Waals surface area contributed by atoms with E-state index in [1.165, 1.54) is 6.42 Å². The lowest BCUT2D eigenvalue weighted by molar-refractivity contribution is -0.331. The highest BCUT2D eigenvalue weighted by Gasteiger charge is 2.49. The van der Waals surface area contributed by atoms with E-state index < -0.39 is 5.79 Å². The Morgan fingerprint density at radius 2 is 1.22 bits per heavy atom. The molecule has 3 atom stereocenters. The quantitative estimate of drug-likeness (QED) is 0.396. The second-order valence-corrected chi connectivity index (χ2v) is 12.3. The summed E-state index contributed by atoms with van der Waals surface area (Å²) < 4.78 is 14.1. The molecule has 0 N–H and O–H groups in total. The summed E-state index contributed by atoms with van der Waals surface area (Å²) in [6.45, 7) is 25.5. The predicted molar refractivity (Wildman–Crippen MR) is 118 cm³/mol. The largest absolute Gasteiger partial charge is 0.346 e. The number of hydrogen-bond donors (Lipinski definition) is 0. The van der Waals surface area contributed by atoms with Gasteiger partial charge in [0.15, 0.2) is 5.79 Å². The van der Waals surface area contributed by atoms with Crippen molar-refractivity contribution in [1.29, 1.82) is 0 Å². The van der Waals surface area contributed by atoms with Gasteiger partial charge < -0.3 is 9.47 Å². The molecule has 1 rings (SSSR count). The summed E-state index contributed by atoms with van der Waals surface area (Å²) in [5.74, 6) is 0.166. The van der Waals surface area contributed by atoms with E-state index in [4.69, 9.17) is 9.47 Å². The van der Waals surface area contributed by atoms with Crippen LogP contribution in [0.3, 0.4) is 0 Å². The molecule has 1 aliphatic carbocycles. The van der Waals surface area contributed by atoms with Crippen LogP contribution in [0.5, 0.6) is 0 Å². The molecule has 162 valence electrons. The molecule has 0 aromatic carbocycles. The fraction of sp³-hybridized carbons (Fsp3) is 1.00. The van der Waals surface area contributed by atoms with Gasteiger partial charge in [0, 0.05) is 12.8 Å². The van der Waals surface area contributed by atoms with Gasteiger partial charge >= 0.3 is 0 Å². The van der Waals surface area contributed by atoms with E-state index in [1.807, 2.05) is 0 Å². The summed E-state index contributed by atoms with van der Waals surface area (Å²) >= 11 is 0. The molecule has 0 heterocycles. The third-order valence-corrected chi connectivity index (χ3v) is 6.06. The zero-order chi connectivity index (χ0) is 21.1. The van der Waals surface area contributed by atoms with Gasteiger partial charge in [0.2, 0.25) is 0 Å². The van der Waals surface area contributed by atoms with Crippen molar-refractivity contribution in [3.63, 3.8) is 0 Å². The second-order valence-electron chi connectivity index (χ2n) is 12.3. The van der Waals surface area contributed by atoms with Gasteiger partial charge in [-0.2, -0.15) is 0 Å². The van der Waals surface area contributed by atoms with Crippen molar-refractivity contribution >= 4 is 0 Å². The summed E-state index contributed by atoms with van der Waals surface area (Å²) in [7, 11) is 0. The number of hydrogen-bond acceptors (Lipinski definition) is 2. The molecular weight excluding hydrogens is 332 g/mol. The fourth-order valence-electron chi connectivity index (χ4n) is 5.01. The van der Waals surface area contributed by atoms with Gasteiger partial charge in [-0.05, 0) is 41.4 Å². The molecule has 0 bridgehead atoms. The standard InChI is InChI=1S/C25H50O2/c1-12-14-20(22(4,5)6)26-25(17-19(3)16-24(10,11)18-25)27-21(15-13-2)23(7,8)9/h19-21H,12-18H2,1-11H3. The first-order valence-corrected chi connectivity index (χ1v) is 11.5. The SMILES string of the molecule is CCCC(OC1(OC(CCC)C(C)(C)C)CC(C)CC(C)(C)C1)C(C)(C)C. The molecule has 0 saturated heterocycles. The molecule has 0 aliphatic heterocycles. The predicted octanol–water partition coefficient (Wildman–Crippen LogP) is 7.99. The highest BCUT2D eigenvalue weighted by molar-refractivity contribution is 4.93. The van der Waals surface area contributed by atoms with Crippen molar-refractivity contribution < 1.29 is 9.47 Å². The highest BCUT2D eigenvalue weighted by Crippen LogP contribution is 2.49. The Kier molecular flexibility index (Phi) is 8.47. The summed E-state index contributed by atoms with van der Waals surface area (Å²) in [6, 6.07) is 0. The van der Waals surface area contributed by atoms with Gasteiger partial charge in [0.1, 0.15) is 0 Å². The molecule has 0 radical (unpaired) electrons. The van der Waals surface area contributed by atoms with Crippen LogP contribution >= 0.6 is 0 Å². The lowest BCUT2D eigenvalue weighted by Gasteiger charge is -2.52. The third-order valence-electron chi connectivity index (χ3n) is 6.06. The first kappa shape index (κ1) is 25.0. The van der Waals surface area contributed by atoms with Crippen LogP contribution < -0.4 is 0 Å². The second kappa shape index (κ2) is 9.16. The number of ether oxygens (including phenoxy) is 2. The first-order valence-electron chi connectivity index (χ1n) is 11.5. The third kappa shape index (κ3) is 7.69. The van der Waals surface area contributed by atoms with Crippen LogP contribution in [0.1, 0.15) is 121 Å². The normalized spacial score (nSPS) is 28.8. The van der Waals surface area contributed by atoms with Gasteiger partial charge in [-0.1, -0.05) is 89.0 Å². The van der Waals surface area contributed by atoms with E-state index in [2.05, 4.69) is 76.2 Å². The van der Waals surface area contributed by atoms with Crippen molar-refractivity contribution in [2.75, 3.05) is 0 Å². The van der Waals surface area contributed by atoms with Crippen LogP contribution in [-0.4, -0.2) is 18.0 Å². The minimum absolute atomic E-state index is 0.124. The van der Waals surface area contributed by atoms with E-state index in [1.54, 1.807) is 0 Å². The Hall–Kier alpha value is -0.0800. The highest BCUT2D eigenvalue weighted by atomic mass is 16.7. The smallest absolute Gasteiger partial charge is 0.169 e. The minimum atomic E-state index is -0.457. The van der Waals surface area contributed by atoms with Crippen molar-refractivity contribution in [1.82, 2.24) is 0 Å². The lowest BCUT2D eigenvalue weighted by Crippen LogP contribution is -2.53. The zero-order valence-electron chi connectivity index (χ0n) is 20.5. The minimum Gasteiger partial charge on any atom is -0.346 e. The molecule has 1 fully saturated rings. The maximum Gasteiger partial charge on any atom is 0.169 e. The van der Waals surface area contributed by atoms with Crippen molar-refractivity contribution in [3.8, 4) is 0 Å². The average Bonchev–Trinajstić information content (AvgIpc) is 2.42. The van der Waals surface area contributed by atoms with Crippen LogP contribution in [0, 0.1) is 22.2 Å². The molecule has 3 unspecified atom stereocenters. The van der Waals surface area contributed by atoms with E-state index in [9.17, 15) is 0 Å². The van der Waals surface area contributed by atoms with Crippen LogP contribution in [0.4, 0.5) is 0 Å². The summed E-state index contributed by atoms with van der Waals surface area (Å²) in [4.78, 5) is 0. The molecule has 0 amide bonds. The maximum atomic E-state index is 7.04. The summed E-state index contributed by atoms with van der Waals surface area (Å²) in [5, 5.41) is 0. The Bertz CT molecular complexity index is 412. The Labute approximate surface area is 171 Å². The van der Waals surface area contributed by atoms with E-state index in [-0.39, 0.29) is 28.5 Å². The molecule has 2 heteroatoms.